The van der Waals surface area contributed by atoms with Crippen molar-refractivity contribution in [1.82, 2.24) is 25.2 Å². The Morgan fingerprint density at radius 3 is 2.46 bits per heavy atom. The number of pyridine rings is 1. The zero-order valence-electron chi connectivity index (χ0n) is 28.8. The average molecular weight is 710 g/mol. The number of aromatic hydroxyl groups is 1. The molecule has 0 radical (unpaired) electrons. The van der Waals surface area contributed by atoms with Crippen LogP contribution >= 0.6 is 0 Å². The Labute approximate surface area is 298 Å². The Balaban J connectivity index is 1.10. The van der Waals surface area contributed by atoms with Crippen LogP contribution in [0.15, 0.2) is 24.3 Å². The first-order valence-corrected chi connectivity index (χ1v) is 17.9. The van der Waals surface area contributed by atoms with Gasteiger partial charge in [0.2, 0.25) is 11.5 Å². The van der Waals surface area contributed by atoms with Gasteiger partial charge >= 0.3 is 6.01 Å². The van der Waals surface area contributed by atoms with Crippen molar-refractivity contribution in [3.05, 3.63) is 41.5 Å². The van der Waals surface area contributed by atoms with Crippen LogP contribution in [0.5, 0.6) is 17.6 Å². The number of alkyl halides is 1. The molecule has 2 bridgehead atoms. The molecule has 3 saturated heterocycles. The monoisotopic (exact) mass is 709 g/mol. The van der Waals surface area contributed by atoms with E-state index in [1.807, 2.05) is 6.07 Å². The van der Waals surface area contributed by atoms with Crippen LogP contribution in [0.25, 0.3) is 32.9 Å². The first-order valence-electron chi connectivity index (χ1n) is 17.9. The number of benzene rings is 2. The lowest BCUT2D eigenvalue weighted by molar-refractivity contribution is 0.0997. The van der Waals surface area contributed by atoms with Crippen LogP contribution in [0, 0.1) is 46.1 Å². The average Bonchev–Trinajstić information content (AvgIpc) is 4.01. The highest BCUT2D eigenvalue weighted by atomic mass is 19.1. The Bertz CT molecular complexity index is 2210. The second-order valence-electron chi connectivity index (χ2n) is 15.5. The Morgan fingerprint density at radius 1 is 1.06 bits per heavy atom. The lowest BCUT2D eigenvalue weighted by Gasteiger charge is -2.35. The zero-order chi connectivity index (χ0) is 36.0. The van der Waals surface area contributed by atoms with Crippen molar-refractivity contribution >= 4 is 27.5 Å². The van der Waals surface area contributed by atoms with Gasteiger partial charge in [-0.05, 0) is 75.2 Å². The van der Waals surface area contributed by atoms with Crippen LogP contribution in [-0.2, 0) is 0 Å². The van der Waals surface area contributed by atoms with Crippen molar-refractivity contribution in [2.45, 2.75) is 62.7 Å². The fourth-order valence-electron chi connectivity index (χ4n) is 8.95. The van der Waals surface area contributed by atoms with E-state index in [0.29, 0.717) is 50.2 Å². The molecule has 5 heterocycles. The SMILES string of the molecule is C#Cc1c(F)ccc2cc(O)cc(-c3nc(OC)c4c(N5CC6CCC(C5)N6)nc(OCC5(CN6CCC7(CC6)CC7(F)C#N)CC5)nc4c3F)c12. The van der Waals surface area contributed by atoms with Gasteiger partial charge in [-0.15, -0.1) is 6.42 Å². The summed E-state index contributed by atoms with van der Waals surface area (Å²) in [4.78, 5) is 18.6. The summed E-state index contributed by atoms with van der Waals surface area (Å²) in [5.74, 6) is 1.25. The van der Waals surface area contributed by atoms with Gasteiger partial charge in [-0.3, -0.25) is 0 Å². The van der Waals surface area contributed by atoms with Gasteiger partial charge in [-0.2, -0.15) is 15.2 Å². The quantitative estimate of drug-likeness (QED) is 0.223. The number of nitrogens with zero attached hydrogens (tertiary/aromatic N) is 6. The molecule has 3 aliphatic heterocycles. The van der Waals surface area contributed by atoms with E-state index < -0.39 is 22.7 Å². The topological polar surface area (TPSA) is 120 Å². The van der Waals surface area contributed by atoms with Gasteiger partial charge in [0.1, 0.15) is 40.1 Å². The van der Waals surface area contributed by atoms with E-state index in [9.17, 15) is 19.1 Å². The first-order chi connectivity index (χ1) is 25.1. The van der Waals surface area contributed by atoms with Gasteiger partial charge < -0.3 is 29.7 Å². The molecule has 1 spiro atoms. The molecule has 5 aliphatic rings. The summed E-state index contributed by atoms with van der Waals surface area (Å²) < 4.78 is 59.0. The molecule has 2 saturated carbocycles. The van der Waals surface area contributed by atoms with Gasteiger partial charge in [0, 0.05) is 59.9 Å². The number of hydrogen-bond donors (Lipinski definition) is 2. The summed E-state index contributed by atoms with van der Waals surface area (Å²) in [7, 11) is 1.43. The number of piperidine rings is 1. The van der Waals surface area contributed by atoms with Gasteiger partial charge in [0.05, 0.1) is 19.3 Å². The fraction of sp³-hybridized carbons (Fsp3) is 0.487. The van der Waals surface area contributed by atoms with Crippen LogP contribution in [0.3, 0.4) is 0 Å². The van der Waals surface area contributed by atoms with Crippen LogP contribution in [-0.4, -0.2) is 89.2 Å². The molecule has 2 N–H and O–H groups in total. The number of ether oxygens (including phenoxy) is 2. The van der Waals surface area contributed by atoms with E-state index in [0.717, 1.165) is 45.3 Å². The number of nitrogens with one attached hydrogen (secondary N) is 1. The van der Waals surface area contributed by atoms with Crippen molar-refractivity contribution in [3.8, 4) is 47.3 Å². The second-order valence-corrected chi connectivity index (χ2v) is 15.5. The molecule has 13 heteroatoms. The molecule has 2 aromatic heterocycles. The highest BCUT2D eigenvalue weighted by molar-refractivity contribution is 6.04. The van der Waals surface area contributed by atoms with Gasteiger partial charge in [-0.1, -0.05) is 12.0 Å². The van der Waals surface area contributed by atoms with E-state index in [1.54, 1.807) is 0 Å². The summed E-state index contributed by atoms with van der Waals surface area (Å²) in [5.41, 5.74) is -2.60. The maximum atomic E-state index is 17.1. The number of halogens is 3. The smallest absolute Gasteiger partial charge is 0.319 e. The molecule has 2 aromatic carbocycles. The van der Waals surface area contributed by atoms with Crippen molar-refractivity contribution < 1.29 is 27.8 Å². The molecular weight excluding hydrogens is 671 g/mol. The third kappa shape index (κ3) is 5.28. The Kier molecular flexibility index (Phi) is 7.52. The number of likely N-dealkylation sites (tertiary alicyclic amines) is 1. The van der Waals surface area contributed by atoms with Crippen LogP contribution < -0.4 is 19.7 Å². The molecule has 5 fully saturated rings. The van der Waals surface area contributed by atoms with Crippen molar-refractivity contribution in [3.63, 3.8) is 0 Å². The van der Waals surface area contributed by atoms with Gasteiger partial charge in [0.15, 0.2) is 5.82 Å². The minimum atomic E-state index is -1.68. The molecule has 2 aliphatic carbocycles. The summed E-state index contributed by atoms with van der Waals surface area (Å²) in [6.45, 7) is 3.83. The van der Waals surface area contributed by atoms with Crippen molar-refractivity contribution in [2.24, 2.45) is 10.8 Å². The van der Waals surface area contributed by atoms with Crippen molar-refractivity contribution in [1.29, 1.82) is 5.26 Å². The molecule has 0 amide bonds. The summed E-state index contributed by atoms with van der Waals surface area (Å²) >= 11 is 0. The number of piperazine rings is 1. The number of anilines is 1. The summed E-state index contributed by atoms with van der Waals surface area (Å²) in [5, 5.41) is 24.5. The highest BCUT2D eigenvalue weighted by Crippen LogP contribution is 2.65. The number of methoxy groups -OCH3 is 1. The number of fused-ring (bicyclic) bond motifs is 4. The molecular formula is C39H38F3N7O3. The first kappa shape index (κ1) is 33.0. The lowest BCUT2D eigenvalue weighted by atomic mass is 9.89. The molecule has 10 nitrogen and oxygen atoms in total. The van der Waals surface area contributed by atoms with Crippen LogP contribution in [0.1, 0.15) is 50.5 Å². The minimum absolute atomic E-state index is 0.0145. The summed E-state index contributed by atoms with van der Waals surface area (Å²) in [6, 6.07) is 7.81. The third-order valence-electron chi connectivity index (χ3n) is 12.2. The maximum absolute atomic E-state index is 17.1. The van der Waals surface area contributed by atoms with E-state index in [1.165, 1.54) is 31.4 Å². The number of rotatable bonds is 8. The van der Waals surface area contributed by atoms with E-state index in [4.69, 9.17) is 20.9 Å². The maximum Gasteiger partial charge on any atom is 0.319 e. The van der Waals surface area contributed by atoms with Gasteiger partial charge in [0.25, 0.3) is 0 Å². The molecule has 52 heavy (non-hydrogen) atoms. The largest absolute Gasteiger partial charge is 0.508 e. The number of phenols is 1. The van der Waals surface area contributed by atoms with Gasteiger partial charge in [-0.25, -0.2) is 18.2 Å². The number of nitriles is 1. The van der Waals surface area contributed by atoms with Crippen LogP contribution in [0.4, 0.5) is 19.0 Å². The van der Waals surface area contributed by atoms with E-state index in [2.05, 4.69) is 31.0 Å². The fourth-order valence-corrected chi connectivity index (χ4v) is 8.95. The zero-order valence-corrected chi connectivity index (χ0v) is 28.8. The number of aromatic nitrogens is 3. The van der Waals surface area contributed by atoms with Crippen LogP contribution in [0.2, 0.25) is 0 Å². The lowest BCUT2D eigenvalue weighted by Crippen LogP contribution is -2.51. The normalized spacial score (nSPS) is 25.6. The van der Waals surface area contributed by atoms with E-state index >= 15 is 4.39 Å². The molecule has 268 valence electrons. The van der Waals surface area contributed by atoms with Crippen molar-refractivity contribution in [2.75, 3.05) is 51.3 Å². The third-order valence-corrected chi connectivity index (χ3v) is 12.2. The highest BCUT2D eigenvalue weighted by Gasteiger charge is 2.70. The Hall–Kier alpha value is -4.85. The molecule has 3 atom stereocenters. The van der Waals surface area contributed by atoms with E-state index in [-0.39, 0.29) is 68.2 Å². The number of terminal acetylenes is 1. The standard InChI is InChI=1S/C39H38F3N7O3/c1-3-26-28(40)7-4-22-14-25(50)15-27(29(22)26)32-31(41)33-30(35(45-32)51-2)34(49-16-23-5-6-24(17-49)44-23)47-36(46-33)52-21-37(8-9-37)20-48-12-10-38(11-13-48)18-39(38,42)19-43/h1,4,7,14-15,23-24,44,50H,5-6,8-13,16-18,20-21H2,2H3. The minimum Gasteiger partial charge on any atom is -0.508 e. The number of phenolic OH excluding ortho intramolecular Hbond substituents is 1. The molecule has 4 aromatic rings. The molecule has 9 rings (SSSR count). The predicted molar refractivity (Wildman–Crippen MR) is 188 cm³/mol. The number of hydrogen-bond acceptors (Lipinski definition) is 10. The predicted octanol–water partition coefficient (Wildman–Crippen LogP) is 5.64. The summed E-state index contributed by atoms with van der Waals surface area (Å²) in [6.07, 6.45) is 11.3. The molecule has 3 unspecified atom stereocenters. The second kappa shape index (κ2) is 11.8. The Morgan fingerprint density at radius 2 is 1.81 bits per heavy atom.